The van der Waals surface area contributed by atoms with Gasteiger partial charge in [0.05, 0.1) is 7.11 Å². The Morgan fingerprint density at radius 3 is 2.66 bits per heavy atom. The Labute approximate surface area is 204 Å². The Morgan fingerprint density at radius 2 is 1.91 bits per heavy atom. The fourth-order valence-electron chi connectivity index (χ4n) is 4.54. The van der Waals surface area contributed by atoms with Crippen molar-refractivity contribution in [1.29, 1.82) is 0 Å². The van der Waals surface area contributed by atoms with Crippen molar-refractivity contribution in [3.63, 3.8) is 0 Å². The number of benzene rings is 2. The summed E-state index contributed by atoms with van der Waals surface area (Å²) >= 11 is 0. The number of ether oxygens (including phenoxy) is 2. The summed E-state index contributed by atoms with van der Waals surface area (Å²) in [5, 5.41) is 7.79. The van der Waals surface area contributed by atoms with Crippen LogP contribution in [0.1, 0.15) is 35.9 Å². The fraction of sp³-hybridized carbons (Fsp3) is 0.296. The zero-order valence-electron chi connectivity index (χ0n) is 19.9. The molecule has 8 heteroatoms. The van der Waals surface area contributed by atoms with Gasteiger partial charge in [0.1, 0.15) is 35.5 Å². The second-order valence-corrected chi connectivity index (χ2v) is 9.09. The van der Waals surface area contributed by atoms with Crippen molar-refractivity contribution in [2.24, 2.45) is 0 Å². The number of anilines is 2. The predicted octanol–water partition coefficient (Wildman–Crippen LogP) is 4.82. The molecule has 1 aliphatic carbocycles. The number of hydrogen-bond donors (Lipinski definition) is 1. The summed E-state index contributed by atoms with van der Waals surface area (Å²) < 4.78 is 13.8. The standard InChI is InChI=1S/C27H28N6O2/c1-18-28-17-33(31-18)23-12-9-21(14-24(23)34-2)29-26-13-8-20-15-32(22-10-11-22)16-25(35-27(20)30-26)19-6-4-3-5-7-19/h3-9,12-14,17,22,25H,10-11,15-16H2,1-2H3,(H,29,30)/t25-/m0/s1. The minimum Gasteiger partial charge on any atom is -0.494 e. The van der Waals surface area contributed by atoms with Crippen LogP contribution < -0.4 is 14.8 Å². The van der Waals surface area contributed by atoms with E-state index in [-0.39, 0.29) is 6.10 Å². The van der Waals surface area contributed by atoms with Crippen molar-refractivity contribution in [2.45, 2.75) is 38.5 Å². The average Bonchev–Trinajstić information content (AvgIpc) is 3.67. The molecule has 1 fully saturated rings. The molecule has 1 atom stereocenters. The van der Waals surface area contributed by atoms with Crippen molar-refractivity contribution in [3.8, 4) is 17.3 Å². The summed E-state index contributed by atoms with van der Waals surface area (Å²) in [7, 11) is 1.65. The van der Waals surface area contributed by atoms with Crippen LogP contribution >= 0.6 is 0 Å². The Morgan fingerprint density at radius 1 is 1.06 bits per heavy atom. The van der Waals surface area contributed by atoms with Crippen LogP contribution in [-0.2, 0) is 6.54 Å². The molecule has 0 amide bonds. The molecular formula is C27H28N6O2. The quantitative estimate of drug-likeness (QED) is 0.435. The summed E-state index contributed by atoms with van der Waals surface area (Å²) in [6, 6.07) is 21.1. The molecular weight excluding hydrogens is 440 g/mol. The van der Waals surface area contributed by atoms with Crippen molar-refractivity contribution < 1.29 is 9.47 Å². The Hall–Kier alpha value is -3.91. The van der Waals surface area contributed by atoms with Crippen LogP contribution in [0.25, 0.3) is 5.69 Å². The van der Waals surface area contributed by atoms with Crippen molar-refractivity contribution in [3.05, 3.63) is 83.9 Å². The van der Waals surface area contributed by atoms with Crippen molar-refractivity contribution in [2.75, 3.05) is 19.0 Å². The number of hydrogen-bond acceptors (Lipinski definition) is 7. The number of aryl methyl sites for hydroxylation is 1. The SMILES string of the molecule is COc1cc(Nc2ccc3c(n2)O[C@H](c2ccccc2)CN(C2CC2)C3)ccc1-n1cnc(C)n1. The molecule has 0 spiro atoms. The van der Waals surface area contributed by atoms with Crippen LogP contribution in [0.15, 0.2) is 67.0 Å². The normalized spacial score (nSPS) is 17.8. The van der Waals surface area contributed by atoms with Gasteiger partial charge in [-0.1, -0.05) is 30.3 Å². The van der Waals surface area contributed by atoms with Gasteiger partial charge in [-0.25, -0.2) is 9.67 Å². The first kappa shape index (κ1) is 21.6. The van der Waals surface area contributed by atoms with Gasteiger partial charge in [0.2, 0.25) is 5.88 Å². The second kappa shape index (κ2) is 9.03. The van der Waals surface area contributed by atoms with Gasteiger partial charge in [0.25, 0.3) is 0 Å². The highest BCUT2D eigenvalue weighted by atomic mass is 16.5. The zero-order valence-corrected chi connectivity index (χ0v) is 19.9. The maximum atomic E-state index is 6.52. The number of fused-ring (bicyclic) bond motifs is 1. The Kier molecular flexibility index (Phi) is 5.58. The van der Waals surface area contributed by atoms with Crippen LogP contribution in [0.5, 0.6) is 11.6 Å². The van der Waals surface area contributed by atoms with Gasteiger partial charge < -0.3 is 14.8 Å². The third-order valence-electron chi connectivity index (χ3n) is 6.51. The van der Waals surface area contributed by atoms with Crippen LogP contribution in [0.3, 0.4) is 0 Å². The maximum absolute atomic E-state index is 6.52. The van der Waals surface area contributed by atoms with Crippen molar-refractivity contribution in [1.82, 2.24) is 24.6 Å². The molecule has 0 bridgehead atoms. The van der Waals surface area contributed by atoms with E-state index in [0.29, 0.717) is 23.5 Å². The van der Waals surface area contributed by atoms with Gasteiger partial charge in [-0.3, -0.25) is 4.90 Å². The lowest BCUT2D eigenvalue weighted by Gasteiger charge is -2.23. The van der Waals surface area contributed by atoms with E-state index in [1.807, 2.05) is 37.3 Å². The molecule has 0 saturated heterocycles. The van der Waals surface area contributed by atoms with E-state index in [4.69, 9.17) is 14.5 Å². The van der Waals surface area contributed by atoms with E-state index >= 15 is 0 Å². The smallest absolute Gasteiger partial charge is 0.220 e. The Bertz CT molecular complexity index is 1330. The zero-order chi connectivity index (χ0) is 23.8. The van der Waals surface area contributed by atoms with Gasteiger partial charge in [-0.05, 0) is 49.6 Å². The molecule has 0 radical (unpaired) electrons. The summed E-state index contributed by atoms with van der Waals surface area (Å²) in [6.07, 6.45) is 4.15. The van der Waals surface area contributed by atoms with E-state index < -0.39 is 0 Å². The lowest BCUT2D eigenvalue weighted by molar-refractivity contribution is 0.140. The van der Waals surface area contributed by atoms with E-state index in [1.54, 1.807) is 18.1 Å². The summed E-state index contributed by atoms with van der Waals surface area (Å²) in [5.74, 6) is 2.81. The van der Waals surface area contributed by atoms with Crippen LogP contribution in [0.4, 0.5) is 11.5 Å². The predicted molar refractivity (Wildman–Crippen MR) is 133 cm³/mol. The molecule has 2 aliphatic rings. The molecule has 178 valence electrons. The molecule has 35 heavy (non-hydrogen) atoms. The molecule has 2 aromatic heterocycles. The first-order valence-electron chi connectivity index (χ1n) is 12.0. The number of aromatic nitrogens is 4. The number of rotatable bonds is 6. The molecule has 1 aliphatic heterocycles. The number of nitrogens with one attached hydrogen (secondary N) is 1. The van der Waals surface area contributed by atoms with Crippen LogP contribution in [0.2, 0.25) is 0 Å². The van der Waals surface area contributed by atoms with E-state index in [0.717, 1.165) is 35.8 Å². The largest absolute Gasteiger partial charge is 0.494 e. The van der Waals surface area contributed by atoms with Gasteiger partial charge in [-0.2, -0.15) is 10.1 Å². The average molecular weight is 469 g/mol. The summed E-state index contributed by atoms with van der Waals surface area (Å²) in [5.41, 5.74) is 3.98. The first-order valence-corrected chi connectivity index (χ1v) is 12.0. The first-order chi connectivity index (χ1) is 17.2. The van der Waals surface area contributed by atoms with Gasteiger partial charge in [0.15, 0.2) is 0 Å². The van der Waals surface area contributed by atoms with Crippen LogP contribution in [0, 0.1) is 6.92 Å². The van der Waals surface area contributed by atoms with Gasteiger partial charge >= 0.3 is 0 Å². The molecule has 0 unspecified atom stereocenters. The molecule has 1 N–H and O–H groups in total. The summed E-state index contributed by atoms with van der Waals surface area (Å²) in [4.78, 5) is 11.6. The third kappa shape index (κ3) is 4.57. The molecule has 2 aromatic carbocycles. The van der Waals surface area contributed by atoms with E-state index in [9.17, 15) is 0 Å². The molecule has 8 nitrogen and oxygen atoms in total. The minimum absolute atomic E-state index is 0.0497. The number of pyridine rings is 1. The van der Waals surface area contributed by atoms with Crippen molar-refractivity contribution >= 4 is 11.5 Å². The highest BCUT2D eigenvalue weighted by Crippen LogP contribution is 2.37. The lowest BCUT2D eigenvalue weighted by Crippen LogP contribution is -2.30. The highest BCUT2D eigenvalue weighted by Gasteiger charge is 2.34. The third-order valence-corrected chi connectivity index (χ3v) is 6.51. The number of methoxy groups -OCH3 is 1. The Balaban J connectivity index is 1.28. The molecule has 4 aromatic rings. The molecule has 6 rings (SSSR count). The monoisotopic (exact) mass is 468 g/mol. The van der Waals surface area contributed by atoms with E-state index in [2.05, 4.69) is 50.6 Å². The molecule has 1 saturated carbocycles. The maximum Gasteiger partial charge on any atom is 0.220 e. The topological polar surface area (TPSA) is 77.3 Å². The van der Waals surface area contributed by atoms with E-state index in [1.165, 1.54) is 18.4 Å². The van der Waals surface area contributed by atoms with Gasteiger partial charge in [0, 0.05) is 36.4 Å². The van der Waals surface area contributed by atoms with Crippen LogP contribution in [-0.4, -0.2) is 44.3 Å². The minimum atomic E-state index is -0.0497. The molecule has 3 heterocycles. The fourth-order valence-corrected chi connectivity index (χ4v) is 4.54. The second-order valence-electron chi connectivity index (χ2n) is 9.09. The number of nitrogens with zero attached hydrogens (tertiary/aromatic N) is 5. The lowest BCUT2D eigenvalue weighted by atomic mass is 10.1. The summed E-state index contributed by atoms with van der Waals surface area (Å²) in [6.45, 7) is 3.59. The highest BCUT2D eigenvalue weighted by molar-refractivity contribution is 5.63. The van der Waals surface area contributed by atoms with Gasteiger partial charge in [-0.15, -0.1) is 0 Å².